The van der Waals surface area contributed by atoms with Crippen molar-refractivity contribution in [2.45, 2.75) is 38.8 Å². The lowest BCUT2D eigenvalue weighted by molar-refractivity contribution is -0.145. The summed E-state index contributed by atoms with van der Waals surface area (Å²) < 4.78 is 30.6. The van der Waals surface area contributed by atoms with Crippen LogP contribution in [-0.2, 0) is 22.7 Å². The number of carbonyl (C=O) groups is 2. The van der Waals surface area contributed by atoms with E-state index in [1.54, 1.807) is 30.5 Å². The van der Waals surface area contributed by atoms with Gasteiger partial charge in [0.15, 0.2) is 11.6 Å². The first-order chi connectivity index (χ1) is 19.3. The second kappa shape index (κ2) is 13.9. The van der Waals surface area contributed by atoms with Gasteiger partial charge >= 0.3 is 5.97 Å². The third kappa shape index (κ3) is 8.26. The van der Waals surface area contributed by atoms with Gasteiger partial charge in [-0.25, -0.2) is 4.39 Å². The number of pyridine rings is 1. The third-order valence-electron chi connectivity index (χ3n) is 6.60. The first-order valence-electron chi connectivity index (χ1n) is 13.5. The Bertz CT molecular complexity index is 1330. The van der Waals surface area contributed by atoms with Gasteiger partial charge in [0.25, 0.3) is 5.91 Å². The molecular weight excluding hydrogens is 513 g/mol. The number of nitrogens with zero attached hydrogens (tertiary/aromatic N) is 2. The molecule has 0 unspecified atom stereocenters. The molecule has 4 rings (SSSR count). The molecule has 1 aromatic heterocycles. The summed E-state index contributed by atoms with van der Waals surface area (Å²) in [5.74, 6) is 0.00504. The molecule has 9 heteroatoms. The number of rotatable bonds is 14. The second-order valence-electron chi connectivity index (χ2n) is 10.2. The molecule has 2 aromatic carbocycles. The zero-order valence-electron chi connectivity index (χ0n) is 23.2. The summed E-state index contributed by atoms with van der Waals surface area (Å²) in [5.41, 5.74) is 2.99. The van der Waals surface area contributed by atoms with Crippen molar-refractivity contribution in [3.63, 3.8) is 0 Å². The summed E-state index contributed by atoms with van der Waals surface area (Å²) in [7, 11) is 5.32. The molecular formula is C31H36FN3O5. The zero-order chi connectivity index (χ0) is 28.5. The summed E-state index contributed by atoms with van der Waals surface area (Å²) >= 11 is 0. The molecule has 3 aromatic rings. The van der Waals surface area contributed by atoms with Crippen molar-refractivity contribution in [2.75, 3.05) is 34.4 Å². The maximum atomic E-state index is 14.1. The lowest BCUT2D eigenvalue weighted by atomic mass is 10.0. The van der Waals surface area contributed by atoms with Crippen LogP contribution in [0.25, 0.3) is 11.3 Å². The molecule has 1 amide bonds. The summed E-state index contributed by atoms with van der Waals surface area (Å²) in [4.78, 5) is 32.1. The number of methoxy groups -OCH3 is 1. The number of hydrogen-bond donors (Lipinski definition) is 1. The fraction of sp³-hybridized carbons (Fsp3) is 0.387. The van der Waals surface area contributed by atoms with Gasteiger partial charge in [0.05, 0.1) is 25.0 Å². The maximum absolute atomic E-state index is 14.1. The molecule has 8 nitrogen and oxygen atoms in total. The average Bonchev–Trinajstić information content (AvgIpc) is 3.78. The Morgan fingerprint density at radius 1 is 1.10 bits per heavy atom. The molecule has 0 aliphatic heterocycles. The average molecular weight is 550 g/mol. The molecule has 212 valence electrons. The van der Waals surface area contributed by atoms with Gasteiger partial charge < -0.3 is 24.4 Å². The van der Waals surface area contributed by atoms with Crippen molar-refractivity contribution in [2.24, 2.45) is 5.92 Å². The van der Waals surface area contributed by atoms with E-state index in [0.717, 1.165) is 31.4 Å². The standard InChI is InChI=1S/C31H36FN3O5/c1-35(2)15-5-7-29(36)40-20-24-6-4-14-33-30(24)23-11-13-27(39-19-21-8-9-21)25(17-23)31(37)34-18-22-10-12-28(38-3)26(32)16-22/h4,6,10-14,16-17,21H,5,7-9,15,18-20H2,1-3H3,(H,34,37). The molecule has 1 heterocycles. The topological polar surface area (TPSA) is 90.0 Å². The van der Waals surface area contributed by atoms with Crippen molar-refractivity contribution in [1.29, 1.82) is 0 Å². The number of ether oxygens (including phenoxy) is 3. The molecule has 0 saturated heterocycles. The Morgan fingerprint density at radius 2 is 1.90 bits per heavy atom. The number of aromatic nitrogens is 1. The number of halogens is 1. The van der Waals surface area contributed by atoms with E-state index < -0.39 is 5.82 Å². The van der Waals surface area contributed by atoms with E-state index in [2.05, 4.69) is 10.3 Å². The monoisotopic (exact) mass is 549 g/mol. The molecule has 0 spiro atoms. The van der Waals surface area contributed by atoms with Gasteiger partial charge in [0.2, 0.25) is 0 Å². The van der Waals surface area contributed by atoms with Crippen LogP contribution in [0.4, 0.5) is 4.39 Å². The van der Waals surface area contributed by atoms with Crippen LogP contribution < -0.4 is 14.8 Å². The van der Waals surface area contributed by atoms with Crippen molar-refractivity contribution in [3.8, 4) is 22.8 Å². The van der Waals surface area contributed by atoms with Crippen molar-refractivity contribution in [1.82, 2.24) is 15.2 Å². The smallest absolute Gasteiger partial charge is 0.306 e. The van der Waals surface area contributed by atoms with Gasteiger partial charge in [0.1, 0.15) is 12.4 Å². The zero-order valence-corrected chi connectivity index (χ0v) is 23.2. The summed E-state index contributed by atoms with van der Waals surface area (Å²) in [6, 6.07) is 13.6. The van der Waals surface area contributed by atoms with E-state index in [4.69, 9.17) is 14.2 Å². The van der Waals surface area contributed by atoms with Crippen LogP contribution in [0.1, 0.15) is 47.2 Å². The number of esters is 1. The molecule has 0 bridgehead atoms. The Labute approximate surface area is 234 Å². The van der Waals surface area contributed by atoms with Crippen LogP contribution in [-0.4, -0.2) is 56.1 Å². The quantitative estimate of drug-likeness (QED) is 0.283. The highest BCUT2D eigenvalue weighted by atomic mass is 19.1. The highest BCUT2D eigenvalue weighted by Crippen LogP contribution is 2.32. The Hall–Kier alpha value is -3.98. The number of amides is 1. The van der Waals surface area contributed by atoms with E-state index in [0.29, 0.717) is 47.1 Å². The molecule has 40 heavy (non-hydrogen) atoms. The number of hydrogen-bond acceptors (Lipinski definition) is 7. The van der Waals surface area contributed by atoms with Crippen LogP contribution in [0.2, 0.25) is 0 Å². The van der Waals surface area contributed by atoms with Crippen molar-refractivity contribution < 1.29 is 28.2 Å². The Morgan fingerprint density at radius 3 is 2.62 bits per heavy atom. The van der Waals surface area contributed by atoms with E-state index in [1.165, 1.54) is 19.2 Å². The fourth-order valence-corrected chi connectivity index (χ4v) is 4.16. The highest BCUT2D eigenvalue weighted by molar-refractivity contribution is 5.98. The largest absolute Gasteiger partial charge is 0.494 e. The lowest BCUT2D eigenvalue weighted by Crippen LogP contribution is -2.24. The first-order valence-corrected chi connectivity index (χ1v) is 13.5. The maximum Gasteiger partial charge on any atom is 0.306 e. The second-order valence-corrected chi connectivity index (χ2v) is 10.2. The van der Waals surface area contributed by atoms with Crippen LogP contribution in [0.5, 0.6) is 11.5 Å². The van der Waals surface area contributed by atoms with Crippen LogP contribution in [0, 0.1) is 11.7 Å². The molecule has 0 radical (unpaired) electrons. The van der Waals surface area contributed by atoms with Gasteiger partial charge in [-0.1, -0.05) is 12.1 Å². The van der Waals surface area contributed by atoms with Crippen LogP contribution >= 0.6 is 0 Å². The van der Waals surface area contributed by atoms with Crippen LogP contribution in [0.15, 0.2) is 54.7 Å². The number of benzene rings is 2. The Kier molecular flexibility index (Phi) is 10.1. The van der Waals surface area contributed by atoms with Gasteiger partial charge in [-0.15, -0.1) is 0 Å². The molecule has 1 N–H and O–H groups in total. The Balaban J connectivity index is 1.51. The predicted molar refractivity (Wildman–Crippen MR) is 150 cm³/mol. The highest BCUT2D eigenvalue weighted by Gasteiger charge is 2.24. The number of nitrogens with one attached hydrogen (secondary N) is 1. The normalized spacial score (nSPS) is 12.7. The van der Waals surface area contributed by atoms with Gasteiger partial charge in [-0.2, -0.15) is 0 Å². The van der Waals surface area contributed by atoms with E-state index >= 15 is 0 Å². The summed E-state index contributed by atoms with van der Waals surface area (Å²) in [5, 5.41) is 2.86. The van der Waals surface area contributed by atoms with Crippen molar-refractivity contribution >= 4 is 11.9 Å². The minimum Gasteiger partial charge on any atom is -0.494 e. The fourth-order valence-electron chi connectivity index (χ4n) is 4.16. The number of carbonyl (C=O) groups excluding carboxylic acids is 2. The molecule has 0 atom stereocenters. The SMILES string of the molecule is COc1ccc(CNC(=O)c2cc(-c3ncccc3COC(=O)CCCN(C)C)ccc2OCC2CC2)cc1F. The summed E-state index contributed by atoms with van der Waals surface area (Å²) in [6.07, 6.45) is 4.95. The van der Waals surface area contributed by atoms with E-state index in [1.807, 2.05) is 31.1 Å². The van der Waals surface area contributed by atoms with Crippen molar-refractivity contribution in [3.05, 3.63) is 77.2 Å². The van der Waals surface area contributed by atoms with Gasteiger partial charge in [0, 0.05) is 30.3 Å². The van der Waals surface area contributed by atoms with Crippen LogP contribution in [0.3, 0.4) is 0 Å². The predicted octanol–water partition coefficient (Wildman–Crippen LogP) is 5.00. The first kappa shape index (κ1) is 29.0. The molecule has 1 saturated carbocycles. The molecule has 1 aliphatic rings. The lowest BCUT2D eigenvalue weighted by Gasteiger charge is -2.15. The van der Waals surface area contributed by atoms with E-state index in [-0.39, 0.29) is 30.8 Å². The minimum atomic E-state index is -0.495. The van der Waals surface area contributed by atoms with Gasteiger partial charge in [-0.3, -0.25) is 14.6 Å². The minimum absolute atomic E-state index is 0.0778. The molecule has 1 aliphatic carbocycles. The molecule has 1 fully saturated rings. The third-order valence-corrected chi connectivity index (χ3v) is 6.60. The van der Waals surface area contributed by atoms with E-state index in [9.17, 15) is 14.0 Å². The van der Waals surface area contributed by atoms with Gasteiger partial charge in [-0.05, 0) is 87.8 Å². The summed E-state index contributed by atoms with van der Waals surface area (Å²) in [6.45, 7) is 1.56.